The van der Waals surface area contributed by atoms with E-state index in [0.29, 0.717) is 11.8 Å². The van der Waals surface area contributed by atoms with Crippen molar-refractivity contribution in [3.8, 4) is 0 Å². The fraction of sp³-hybridized carbons (Fsp3) is 0.538. The predicted octanol–water partition coefficient (Wildman–Crippen LogP) is 7.50. The number of rotatable bonds is 6. The van der Waals surface area contributed by atoms with Crippen LogP contribution >= 0.6 is 0 Å². The van der Waals surface area contributed by atoms with Gasteiger partial charge in [-0.1, -0.05) is 88.4 Å². The van der Waals surface area contributed by atoms with Crippen LogP contribution in [0.25, 0.3) is 0 Å². The maximum absolute atomic E-state index is 2.26. The zero-order valence-corrected chi connectivity index (χ0v) is 19.2. The summed E-state index contributed by atoms with van der Waals surface area (Å²) in [6, 6.07) is 21.3. The highest BCUT2D eigenvalue weighted by molar-refractivity contribution is 5.18. The summed E-state index contributed by atoms with van der Waals surface area (Å²) < 4.78 is 1.14. The van der Waals surface area contributed by atoms with Crippen LogP contribution in [-0.2, 0) is 0 Å². The Balaban J connectivity index is 0.000000384. The maximum atomic E-state index is 2.26. The van der Waals surface area contributed by atoms with E-state index in [4.69, 9.17) is 0 Å². The highest BCUT2D eigenvalue weighted by atomic mass is 15.3. The molecule has 2 atom stereocenters. The Bertz CT molecular complexity index is 508. The van der Waals surface area contributed by atoms with Crippen LogP contribution < -0.4 is 0 Å². The molecule has 0 saturated carbocycles. The molecule has 27 heavy (non-hydrogen) atoms. The fourth-order valence-corrected chi connectivity index (χ4v) is 2.26. The first-order valence-electron chi connectivity index (χ1n) is 10.7. The van der Waals surface area contributed by atoms with Crippen LogP contribution in [0.2, 0.25) is 0 Å². The molecule has 0 fully saturated rings. The molecule has 0 N–H and O–H groups in total. The van der Waals surface area contributed by atoms with Gasteiger partial charge in [-0.3, -0.25) is 0 Å². The van der Waals surface area contributed by atoms with Gasteiger partial charge in [0.25, 0.3) is 0 Å². The lowest BCUT2D eigenvalue weighted by Gasteiger charge is -2.25. The highest BCUT2D eigenvalue weighted by Gasteiger charge is 2.04. The van der Waals surface area contributed by atoms with Crippen molar-refractivity contribution in [2.75, 3.05) is 27.2 Å². The second-order valence-corrected chi connectivity index (χ2v) is 8.01. The molecule has 0 saturated heterocycles. The first-order valence-corrected chi connectivity index (χ1v) is 10.7. The number of hydrogen-bond donors (Lipinski definition) is 0. The average molecular weight is 371 g/mol. The summed E-state index contributed by atoms with van der Waals surface area (Å²) in [6.45, 7) is 15.8. The first-order chi connectivity index (χ1) is 12.8. The van der Waals surface area contributed by atoms with Crippen molar-refractivity contribution in [2.45, 2.75) is 66.2 Å². The average Bonchev–Trinajstić information content (AvgIpc) is 2.74. The minimum atomic E-state index is 0.709. The molecule has 0 aliphatic heterocycles. The van der Waals surface area contributed by atoms with Crippen molar-refractivity contribution in [1.82, 2.24) is 0 Å². The summed E-state index contributed by atoms with van der Waals surface area (Å²) in [5.41, 5.74) is 2.90. The third-order valence-electron chi connectivity index (χ3n) is 5.67. The van der Waals surface area contributed by atoms with Gasteiger partial charge >= 0.3 is 0 Å². The van der Waals surface area contributed by atoms with Gasteiger partial charge in [0.2, 0.25) is 0 Å². The smallest absolute Gasteiger partial charge is 0.0753 e. The molecular weight excluding hydrogens is 326 g/mol. The minimum absolute atomic E-state index is 0.709. The maximum Gasteiger partial charge on any atom is 0.0753 e. The van der Waals surface area contributed by atoms with E-state index in [1.807, 2.05) is 0 Å². The highest BCUT2D eigenvalue weighted by Crippen LogP contribution is 2.17. The van der Waals surface area contributed by atoms with E-state index >= 15 is 0 Å². The zero-order chi connectivity index (χ0) is 20.7. The van der Waals surface area contributed by atoms with Gasteiger partial charge in [0, 0.05) is 0 Å². The number of benzene rings is 2. The van der Waals surface area contributed by atoms with E-state index in [1.165, 1.54) is 37.1 Å². The molecule has 1 nitrogen and oxygen atoms in total. The van der Waals surface area contributed by atoms with E-state index in [9.17, 15) is 0 Å². The van der Waals surface area contributed by atoms with Gasteiger partial charge in [-0.05, 0) is 49.7 Å². The molecule has 0 aliphatic rings. The number of quaternary nitrogens is 1. The van der Waals surface area contributed by atoms with Crippen molar-refractivity contribution < 1.29 is 4.48 Å². The summed E-state index contributed by atoms with van der Waals surface area (Å²) >= 11 is 0. The van der Waals surface area contributed by atoms with Gasteiger partial charge in [0.05, 0.1) is 27.2 Å². The quantitative estimate of drug-likeness (QED) is 0.462. The standard InChI is InChI=1S/2C10H14.C6H16N/c2*1-3-9(2)10-7-5-4-6-8-10;1-5-7(3,4)6-2/h2*4-9H,3H2,1-2H3;5-6H2,1-4H3/q;;+1. The molecule has 2 unspecified atom stereocenters. The van der Waals surface area contributed by atoms with Crippen molar-refractivity contribution in [1.29, 1.82) is 0 Å². The molecule has 1 heteroatoms. The summed E-state index contributed by atoms with van der Waals surface area (Å²) in [5.74, 6) is 1.42. The SMILES string of the molecule is CCC(C)c1ccccc1.CCC(C)c1ccccc1.CC[N+](C)(C)CC. The summed E-state index contributed by atoms with van der Waals surface area (Å²) in [5, 5.41) is 0. The largest absolute Gasteiger partial charge is 0.329 e. The van der Waals surface area contributed by atoms with Crippen molar-refractivity contribution >= 4 is 0 Å². The monoisotopic (exact) mass is 370 g/mol. The van der Waals surface area contributed by atoms with E-state index < -0.39 is 0 Å². The van der Waals surface area contributed by atoms with Crippen LogP contribution in [-0.4, -0.2) is 31.7 Å². The molecule has 0 heterocycles. The molecule has 0 aliphatic carbocycles. The molecule has 0 aromatic heterocycles. The molecule has 0 radical (unpaired) electrons. The molecule has 0 bridgehead atoms. The second-order valence-electron chi connectivity index (χ2n) is 8.01. The summed E-state index contributed by atoms with van der Waals surface area (Å²) in [4.78, 5) is 0. The van der Waals surface area contributed by atoms with E-state index in [2.05, 4.69) is 116 Å². The Morgan fingerprint density at radius 2 is 0.889 bits per heavy atom. The third kappa shape index (κ3) is 11.7. The lowest BCUT2D eigenvalue weighted by molar-refractivity contribution is -0.886. The number of nitrogens with zero attached hydrogens (tertiary/aromatic N) is 1. The lowest BCUT2D eigenvalue weighted by Crippen LogP contribution is -2.38. The topological polar surface area (TPSA) is 0 Å². The van der Waals surface area contributed by atoms with Gasteiger partial charge in [-0.15, -0.1) is 0 Å². The van der Waals surface area contributed by atoms with Crippen molar-refractivity contribution in [3.05, 3.63) is 71.8 Å². The van der Waals surface area contributed by atoms with Gasteiger partial charge in [0.1, 0.15) is 0 Å². The molecule has 2 aromatic carbocycles. The molecule has 2 aromatic rings. The molecular formula is C26H44N+. The van der Waals surface area contributed by atoms with Crippen molar-refractivity contribution in [3.63, 3.8) is 0 Å². The molecule has 152 valence electrons. The molecule has 0 spiro atoms. The first kappa shape index (κ1) is 25.4. The van der Waals surface area contributed by atoms with E-state index in [1.54, 1.807) is 0 Å². The van der Waals surface area contributed by atoms with E-state index in [-0.39, 0.29) is 0 Å². The predicted molar refractivity (Wildman–Crippen MR) is 123 cm³/mol. The second kappa shape index (κ2) is 14.5. The third-order valence-corrected chi connectivity index (χ3v) is 5.67. The Labute approximate surface area is 170 Å². The lowest BCUT2D eigenvalue weighted by atomic mass is 9.99. The normalized spacial score (nSPS) is 12.7. The van der Waals surface area contributed by atoms with Gasteiger partial charge in [-0.25, -0.2) is 0 Å². The van der Waals surface area contributed by atoms with Crippen LogP contribution in [0.1, 0.15) is 77.3 Å². The summed E-state index contributed by atoms with van der Waals surface area (Å²) in [6.07, 6.45) is 2.45. The summed E-state index contributed by atoms with van der Waals surface area (Å²) in [7, 11) is 4.47. The Morgan fingerprint density at radius 1 is 0.593 bits per heavy atom. The fourth-order valence-electron chi connectivity index (χ4n) is 2.26. The van der Waals surface area contributed by atoms with Gasteiger partial charge < -0.3 is 4.48 Å². The van der Waals surface area contributed by atoms with Crippen LogP contribution in [0.5, 0.6) is 0 Å². The molecule has 2 rings (SSSR count). The van der Waals surface area contributed by atoms with Crippen LogP contribution in [0.4, 0.5) is 0 Å². The van der Waals surface area contributed by atoms with E-state index in [0.717, 1.165) is 4.48 Å². The Hall–Kier alpha value is -1.60. The zero-order valence-electron chi connectivity index (χ0n) is 19.2. The Kier molecular flexibility index (Phi) is 13.6. The van der Waals surface area contributed by atoms with Crippen LogP contribution in [0.3, 0.4) is 0 Å². The minimum Gasteiger partial charge on any atom is -0.329 e. The van der Waals surface area contributed by atoms with Gasteiger partial charge in [-0.2, -0.15) is 0 Å². The van der Waals surface area contributed by atoms with Gasteiger partial charge in [0.15, 0.2) is 0 Å². The Morgan fingerprint density at radius 3 is 1.07 bits per heavy atom. The van der Waals surface area contributed by atoms with Crippen molar-refractivity contribution in [2.24, 2.45) is 0 Å². The number of hydrogen-bond acceptors (Lipinski definition) is 0. The van der Waals surface area contributed by atoms with Crippen LogP contribution in [0, 0.1) is 0 Å². The molecule has 0 amide bonds. The van der Waals surface area contributed by atoms with Crippen LogP contribution in [0.15, 0.2) is 60.7 Å².